The zero-order valence-corrected chi connectivity index (χ0v) is 10.0. The fourth-order valence-electron chi connectivity index (χ4n) is 1.94. The summed E-state index contributed by atoms with van der Waals surface area (Å²) < 4.78 is 0. The molecule has 4 heteroatoms. The summed E-state index contributed by atoms with van der Waals surface area (Å²) in [7, 11) is 0. The summed E-state index contributed by atoms with van der Waals surface area (Å²) in [5.41, 5.74) is 2.37. The number of anilines is 1. The fraction of sp³-hybridized carbons (Fsp3) is 0.417. The number of aliphatic carboxylic acids is 1. The fourth-order valence-corrected chi connectivity index (χ4v) is 2.97. The number of carboxylic acids is 1. The smallest absolute Gasteiger partial charge is 0.318 e. The molecule has 1 saturated heterocycles. The molecule has 0 radical (unpaired) electrons. The molecule has 0 aliphatic carbocycles. The third-order valence-corrected chi connectivity index (χ3v) is 3.97. The van der Waals surface area contributed by atoms with Crippen LogP contribution in [0.25, 0.3) is 0 Å². The Hall–Kier alpha value is -1.16. The van der Waals surface area contributed by atoms with Gasteiger partial charge in [0.2, 0.25) is 0 Å². The first kappa shape index (κ1) is 11.3. The van der Waals surface area contributed by atoms with Crippen molar-refractivity contribution < 1.29 is 9.90 Å². The van der Waals surface area contributed by atoms with Crippen molar-refractivity contribution >= 4 is 23.4 Å². The predicted octanol–water partition coefficient (Wildman–Crippen LogP) is 2.00. The number of hydrogen-bond donors (Lipinski definition) is 1. The molecule has 0 saturated carbocycles. The lowest BCUT2D eigenvalue weighted by Gasteiger charge is -2.33. The molecule has 1 heterocycles. The van der Waals surface area contributed by atoms with Crippen LogP contribution in [-0.2, 0) is 4.79 Å². The molecule has 0 aromatic heterocycles. The van der Waals surface area contributed by atoms with Gasteiger partial charge in [-0.15, -0.1) is 11.8 Å². The molecule has 1 aromatic carbocycles. The van der Waals surface area contributed by atoms with Gasteiger partial charge in [0, 0.05) is 24.5 Å². The first-order chi connectivity index (χ1) is 7.68. The van der Waals surface area contributed by atoms with Crippen LogP contribution in [0.3, 0.4) is 0 Å². The van der Waals surface area contributed by atoms with Crippen molar-refractivity contribution in [1.82, 2.24) is 0 Å². The summed E-state index contributed by atoms with van der Waals surface area (Å²) in [6.45, 7) is 3.59. The van der Waals surface area contributed by atoms with Gasteiger partial charge in [-0.05, 0) is 18.6 Å². The van der Waals surface area contributed by atoms with E-state index in [1.54, 1.807) is 0 Å². The van der Waals surface area contributed by atoms with Crippen molar-refractivity contribution in [1.29, 1.82) is 0 Å². The molecular weight excluding hydrogens is 222 g/mol. The Morgan fingerprint density at radius 2 is 2.25 bits per heavy atom. The zero-order valence-electron chi connectivity index (χ0n) is 9.22. The Morgan fingerprint density at radius 1 is 1.50 bits per heavy atom. The van der Waals surface area contributed by atoms with E-state index in [-0.39, 0.29) is 5.25 Å². The van der Waals surface area contributed by atoms with E-state index in [2.05, 4.69) is 24.0 Å². The second kappa shape index (κ2) is 4.78. The van der Waals surface area contributed by atoms with Crippen molar-refractivity contribution in [2.24, 2.45) is 0 Å². The van der Waals surface area contributed by atoms with Crippen LogP contribution in [0.2, 0.25) is 0 Å². The molecule has 3 nitrogen and oxygen atoms in total. The van der Waals surface area contributed by atoms with Gasteiger partial charge in [-0.3, -0.25) is 4.79 Å². The van der Waals surface area contributed by atoms with E-state index in [0.29, 0.717) is 6.54 Å². The van der Waals surface area contributed by atoms with Crippen molar-refractivity contribution in [3.05, 3.63) is 29.8 Å². The van der Waals surface area contributed by atoms with Crippen LogP contribution in [0.1, 0.15) is 5.56 Å². The number of para-hydroxylation sites is 1. The Bertz CT molecular complexity index is 394. The molecule has 0 bridgehead atoms. The average molecular weight is 237 g/mol. The Kier molecular flexibility index (Phi) is 3.39. The van der Waals surface area contributed by atoms with Crippen molar-refractivity contribution in [3.63, 3.8) is 0 Å². The number of nitrogens with zero attached hydrogens (tertiary/aromatic N) is 1. The van der Waals surface area contributed by atoms with E-state index >= 15 is 0 Å². The summed E-state index contributed by atoms with van der Waals surface area (Å²) in [6, 6.07) is 8.13. The molecule has 1 atom stereocenters. The second-order valence-electron chi connectivity index (χ2n) is 3.93. The lowest BCUT2D eigenvalue weighted by atomic mass is 10.1. The van der Waals surface area contributed by atoms with Gasteiger partial charge in [0.15, 0.2) is 0 Å². The normalized spacial score (nSPS) is 20.8. The minimum atomic E-state index is -0.705. The monoisotopic (exact) mass is 237 g/mol. The standard InChI is InChI=1S/C12H15NO2S/c1-9-4-2-3-5-10(9)13-6-7-16-11(8-13)12(14)15/h2-5,11H,6-8H2,1H3,(H,14,15). The van der Waals surface area contributed by atoms with Crippen LogP contribution < -0.4 is 4.90 Å². The molecular formula is C12H15NO2S. The summed E-state index contributed by atoms with van der Waals surface area (Å²) in [4.78, 5) is 13.1. The molecule has 1 unspecified atom stereocenters. The predicted molar refractivity (Wildman–Crippen MR) is 67.3 cm³/mol. The molecule has 1 aliphatic heterocycles. The van der Waals surface area contributed by atoms with E-state index in [1.807, 2.05) is 12.1 Å². The van der Waals surface area contributed by atoms with Crippen LogP contribution in [0.15, 0.2) is 24.3 Å². The highest BCUT2D eigenvalue weighted by atomic mass is 32.2. The molecule has 16 heavy (non-hydrogen) atoms. The Labute approximate surface area is 99.5 Å². The van der Waals surface area contributed by atoms with Crippen LogP contribution in [0.4, 0.5) is 5.69 Å². The maximum absolute atomic E-state index is 11.0. The summed E-state index contributed by atoms with van der Waals surface area (Å²) >= 11 is 1.53. The van der Waals surface area contributed by atoms with Crippen molar-refractivity contribution in [2.75, 3.05) is 23.7 Å². The molecule has 1 fully saturated rings. The van der Waals surface area contributed by atoms with E-state index in [0.717, 1.165) is 18.0 Å². The Morgan fingerprint density at radius 3 is 2.94 bits per heavy atom. The highest BCUT2D eigenvalue weighted by Gasteiger charge is 2.26. The third-order valence-electron chi connectivity index (χ3n) is 2.80. The number of benzene rings is 1. The second-order valence-corrected chi connectivity index (χ2v) is 5.24. The largest absolute Gasteiger partial charge is 0.480 e. The topological polar surface area (TPSA) is 40.5 Å². The summed E-state index contributed by atoms with van der Waals surface area (Å²) in [5.74, 6) is 0.175. The van der Waals surface area contributed by atoms with Gasteiger partial charge in [0.05, 0.1) is 0 Å². The van der Waals surface area contributed by atoms with E-state index < -0.39 is 5.97 Å². The molecule has 1 aliphatic rings. The van der Waals surface area contributed by atoms with Gasteiger partial charge in [-0.2, -0.15) is 0 Å². The number of rotatable bonds is 2. The first-order valence-electron chi connectivity index (χ1n) is 5.33. The minimum absolute atomic E-state index is 0.298. The maximum atomic E-state index is 11.0. The molecule has 0 spiro atoms. The van der Waals surface area contributed by atoms with Gasteiger partial charge in [0.1, 0.15) is 5.25 Å². The highest BCUT2D eigenvalue weighted by molar-refractivity contribution is 8.00. The number of carboxylic acid groups (broad SMARTS) is 1. The van der Waals surface area contributed by atoms with Crippen molar-refractivity contribution in [2.45, 2.75) is 12.2 Å². The van der Waals surface area contributed by atoms with Gasteiger partial charge in [0.25, 0.3) is 0 Å². The minimum Gasteiger partial charge on any atom is -0.480 e. The number of carbonyl (C=O) groups is 1. The average Bonchev–Trinajstić information content (AvgIpc) is 2.30. The lowest BCUT2D eigenvalue weighted by Crippen LogP contribution is -2.41. The zero-order chi connectivity index (χ0) is 11.5. The van der Waals surface area contributed by atoms with Gasteiger partial charge in [-0.1, -0.05) is 18.2 Å². The SMILES string of the molecule is Cc1ccccc1N1CCSC(C(=O)O)C1. The number of hydrogen-bond acceptors (Lipinski definition) is 3. The maximum Gasteiger partial charge on any atom is 0.318 e. The van der Waals surface area contributed by atoms with Gasteiger partial charge < -0.3 is 10.0 Å². The van der Waals surface area contributed by atoms with Crippen LogP contribution >= 0.6 is 11.8 Å². The molecule has 1 aromatic rings. The highest BCUT2D eigenvalue weighted by Crippen LogP contribution is 2.26. The summed E-state index contributed by atoms with van der Waals surface area (Å²) in [6.07, 6.45) is 0. The van der Waals surface area contributed by atoms with Gasteiger partial charge >= 0.3 is 5.97 Å². The third kappa shape index (κ3) is 2.32. The van der Waals surface area contributed by atoms with E-state index in [1.165, 1.54) is 17.3 Å². The van der Waals surface area contributed by atoms with Crippen molar-refractivity contribution in [3.8, 4) is 0 Å². The molecule has 1 N–H and O–H groups in total. The van der Waals surface area contributed by atoms with E-state index in [4.69, 9.17) is 5.11 Å². The van der Waals surface area contributed by atoms with Crippen LogP contribution in [0, 0.1) is 6.92 Å². The molecule has 2 rings (SSSR count). The number of thioether (sulfide) groups is 1. The first-order valence-corrected chi connectivity index (χ1v) is 6.38. The lowest BCUT2D eigenvalue weighted by molar-refractivity contribution is -0.136. The molecule has 0 amide bonds. The van der Waals surface area contributed by atoms with Gasteiger partial charge in [-0.25, -0.2) is 0 Å². The Balaban J connectivity index is 2.16. The van der Waals surface area contributed by atoms with Crippen LogP contribution in [0.5, 0.6) is 0 Å². The molecule has 86 valence electrons. The van der Waals surface area contributed by atoms with E-state index in [9.17, 15) is 4.79 Å². The summed E-state index contributed by atoms with van der Waals surface area (Å²) in [5, 5.41) is 8.73. The number of aryl methyl sites for hydroxylation is 1. The van der Waals surface area contributed by atoms with Crippen LogP contribution in [-0.4, -0.2) is 35.2 Å². The quantitative estimate of drug-likeness (QED) is 0.854.